The van der Waals surface area contributed by atoms with E-state index in [9.17, 15) is 84.5 Å². The molecule has 0 aromatic heterocycles. The van der Waals surface area contributed by atoms with Crippen molar-refractivity contribution in [3.05, 3.63) is 11.6 Å². The first kappa shape index (κ1) is 76.2. The fourth-order valence-electron chi connectivity index (χ4n) is 17.3. The van der Waals surface area contributed by atoms with Gasteiger partial charge in [-0.3, -0.25) is 4.18 Å². The summed E-state index contributed by atoms with van der Waals surface area (Å²) in [5, 5.41) is 158. The second kappa shape index (κ2) is 29.3. The number of allylic oxidation sites excluding steroid dienone is 2. The zero-order valence-corrected chi connectivity index (χ0v) is 57.4. The molecular formula is C61H99NaO31S. The molecule has 7 aliphatic heterocycles. The fourth-order valence-corrected chi connectivity index (χ4v) is 17.8. The van der Waals surface area contributed by atoms with Gasteiger partial charge in [0.15, 0.2) is 37.7 Å². The minimum atomic E-state index is -5.13. The molecule has 14 N–H and O–H groups in total. The van der Waals surface area contributed by atoms with Gasteiger partial charge in [0.1, 0.15) is 116 Å². The van der Waals surface area contributed by atoms with Gasteiger partial charge >= 0.3 is 29.6 Å². The number of aliphatic hydroxyl groups is 14. The van der Waals surface area contributed by atoms with Gasteiger partial charge in [-0.2, -0.15) is 0 Å². The van der Waals surface area contributed by atoms with Crippen molar-refractivity contribution in [2.24, 2.45) is 40.4 Å². The molecule has 0 aromatic rings. The summed E-state index contributed by atoms with van der Waals surface area (Å²) in [6, 6.07) is 0. The van der Waals surface area contributed by atoms with Crippen LogP contribution in [0.5, 0.6) is 0 Å². The van der Waals surface area contributed by atoms with Crippen molar-refractivity contribution >= 4 is 10.4 Å². The van der Waals surface area contributed by atoms with Gasteiger partial charge < -0.3 is 138 Å². The van der Waals surface area contributed by atoms with Crippen LogP contribution < -0.4 is 29.6 Å². The van der Waals surface area contributed by atoms with Crippen molar-refractivity contribution in [2.45, 2.75) is 316 Å². The van der Waals surface area contributed by atoms with Crippen LogP contribution in [0.3, 0.4) is 0 Å². The van der Waals surface area contributed by atoms with Crippen molar-refractivity contribution in [1.29, 1.82) is 0 Å². The summed E-state index contributed by atoms with van der Waals surface area (Å²) in [7, 11) is -5.13. The van der Waals surface area contributed by atoms with Crippen molar-refractivity contribution in [3.8, 4) is 0 Å². The summed E-state index contributed by atoms with van der Waals surface area (Å²) in [4.78, 5) is 0. The average Bonchev–Trinajstić information content (AvgIpc) is 1.40. The molecule has 1 unspecified atom stereocenters. The summed E-state index contributed by atoms with van der Waals surface area (Å²) < 4.78 is 121. The molecule has 7 heterocycles. The van der Waals surface area contributed by atoms with Crippen LogP contribution in [0.2, 0.25) is 0 Å². The number of fused-ring (bicyclic) bond motifs is 5. The molecule has 3 saturated carbocycles. The van der Waals surface area contributed by atoms with Gasteiger partial charge in [0, 0.05) is 0 Å². The van der Waals surface area contributed by atoms with Gasteiger partial charge in [0.05, 0.1) is 61.5 Å². The van der Waals surface area contributed by atoms with Crippen LogP contribution in [-0.2, 0) is 76.2 Å². The molecule has 0 bridgehead atoms. The molecule has 0 aromatic carbocycles. The zero-order chi connectivity index (χ0) is 67.6. The third kappa shape index (κ3) is 14.7. The Labute approximate surface area is 568 Å². The van der Waals surface area contributed by atoms with Crippen LogP contribution in [0.4, 0.5) is 0 Å². The van der Waals surface area contributed by atoms with E-state index < -0.39 is 225 Å². The maximum Gasteiger partial charge on any atom is 1.00 e. The largest absolute Gasteiger partial charge is 1.00 e. The van der Waals surface area contributed by atoms with E-state index in [-0.39, 0.29) is 77.8 Å². The number of aliphatic hydroxyl groups excluding tert-OH is 13. The number of epoxide rings is 1. The maximum absolute atomic E-state index is 12.5. The third-order valence-corrected chi connectivity index (χ3v) is 23.1. The zero-order valence-electron chi connectivity index (χ0n) is 54.6. The number of hydrogen-bond donors (Lipinski definition) is 14. The Hall–Kier alpha value is -0.470. The Morgan fingerprint density at radius 2 is 1.07 bits per heavy atom. The molecule has 536 valence electrons. The van der Waals surface area contributed by atoms with Gasteiger partial charge in [-0.05, 0) is 126 Å². The van der Waals surface area contributed by atoms with E-state index in [0.29, 0.717) is 25.2 Å². The topological polar surface area (TPSA) is 473 Å². The summed E-state index contributed by atoms with van der Waals surface area (Å²) >= 11 is 0. The molecule has 33 heteroatoms. The molecular weight excluding hydrogens is 1280 g/mol. The van der Waals surface area contributed by atoms with Crippen molar-refractivity contribution < 1.29 is 180 Å². The van der Waals surface area contributed by atoms with E-state index in [2.05, 4.69) is 33.8 Å². The molecule has 0 spiro atoms. The summed E-state index contributed by atoms with van der Waals surface area (Å²) in [5.41, 5.74) is -0.982. The maximum atomic E-state index is 12.5. The first-order valence-corrected chi connectivity index (χ1v) is 34.2. The van der Waals surface area contributed by atoms with Gasteiger partial charge in [0.25, 0.3) is 0 Å². The van der Waals surface area contributed by atoms with E-state index in [1.165, 1.54) is 33.3 Å². The quantitative estimate of drug-likeness (QED) is 0.0199. The molecule has 0 radical (unpaired) electrons. The summed E-state index contributed by atoms with van der Waals surface area (Å²) in [6.45, 7) is 14.9. The smallest absolute Gasteiger partial charge is 0.726 e. The average molecular weight is 1380 g/mol. The van der Waals surface area contributed by atoms with Crippen LogP contribution in [0.25, 0.3) is 0 Å². The Balaban J connectivity index is 0.00000964. The summed E-state index contributed by atoms with van der Waals surface area (Å²) in [6.07, 6.45) is -43.1. The van der Waals surface area contributed by atoms with Gasteiger partial charge in [-0.1, -0.05) is 39.3 Å². The summed E-state index contributed by atoms with van der Waals surface area (Å²) in [5.74, 6) is -0.335. The Morgan fingerprint density at radius 1 is 0.564 bits per heavy atom. The molecule has 94 heavy (non-hydrogen) atoms. The molecule has 7 saturated heterocycles. The molecule has 4 aliphatic carbocycles. The number of ether oxygens (including phenoxy) is 13. The first-order valence-electron chi connectivity index (χ1n) is 32.9. The van der Waals surface area contributed by atoms with Gasteiger partial charge in [-0.25, -0.2) is 8.42 Å². The van der Waals surface area contributed by atoms with Crippen molar-refractivity contribution in [2.75, 3.05) is 13.2 Å². The van der Waals surface area contributed by atoms with Crippen molar-refractivity contribution in [1.82, 2.24) is 0 Å². The third-order valence-electron chi connectivity index (χ3n) is 22.6. The van der Waals surface area contributed by atoms with Gasteiger partial charge in [-0.15, -0.1) is 0 Å². The SMILES string of the molecule is CC(C)C[C@H]1O[C@H]1[C@](C)(O)[C@H]1CC[C@H]2C3C[C@H](O[C@@H]4O[C@H](C)[C@@H](O)[C@H](O[C@@H]5OC[C@@H](O[C@@H]6O[C@H](C)[C@@H](O)[C@H](O)[C@H]6O[C@@H]6O[C@H](C)[C@H](O)[C@H](O[C@@H]7OC[C@@H](O)[C@H](O)[C@H]7O)[C@H]6O)[C@H](O)[C@H]5O[C@@H]5O[C@H](C)[C@@H](O)[C@H](O)[C@H]5O)[C@H]4O)[C@H]4C[C@@H](OS(=O)(=O)[O-])CC[C@]4(C)C3=CC[C@]12C.[Na+]. The Morgan fingerprint density at radius 3 is 1.68 bits per heavy atom. The van der Waals surface area contributed by atoms with Crippen molar-refractivity contribution in [3.63, 3.8) is 0 Å². The number of rotatable bonds is 18. The second-order valence-corrected chi connectivity index (χ2v) is 30.3. The molecule has 31 nitrogen and oxygen atoms in total. The monoisotopic (exact) mass is 1380 g/mol. The Bertz CT molecular complexity index is 2690. The number of hydrogen-bond acceptors (Lipinski definition) is 31. The van der Waals surface area contributed by atoms with Crippen LogP contribution in [0.1, 0.15) is 114 Å². The normalized spacial score (nSPS) is 53.7. The predicted octanol–water partition coefficient (Wildman–Crippen LogP) is -6.72. The molecule has 11 aliphatic rings. The molecule has 11 rings (SSSR count). The van der Waals surface area contributed by atoms with E-state index >= 15 is 0 Å². The fraction of sp³-hybridized carbons (Fsp3) is 0.967. The second-order valence-electron chi connectivity index (χ2n) is 29.3. The predicted molar refractivity (Wildman–Crippen MR) is 308 cm³/mol. The van der Waals surface area contributed by atoms with E-state index in [4.69, 9.17) is 65.8 Å². The van der Waals surface area contributed by atoms with E-state index in [0.717, 1.165) is 19.3 Å². The minimum Gasteiger partial charge on any atom is -0.726 e. The Kier molecular flexibility index (Phi) is 23.8. The molecule has 10 fully saturated rings. The van der Waals surface area contributed by atoms with Crippen LogP contribution in [-0.4, -0.2) is 300 Å². The van der Waals surface area contributed by atoms with Gasteiger partial charge in [0.2, 0.25) is 10.4 Å². The minimum absolute atomic E-state index is 0. The molecule has 0 amide bonds. The van der Waals surface area contributed by atoms with E-state index in [1.807, 2.05) is 6.92 Å². The van der Waals surface area contributed by atoms with Crippen LogP contribution >= 0.6 is 0 Å². The standard InChI is InChI=1S/C61H100O31S.Na/c1-21(2)16-33-52(85-33)61(9,75)35-11-10-28-27-18-32(30-17-26(92-93(76,77)78)12-14-59(30,7)29(27)13-15-60(28,35)8)86-55-46(73)49(39(66)24(5)82-55)89-57-50(90-54-45(72)42(69)36(63)22(3)81-54)41(68)34(20-80-57)87-58-51(43(70)37(64)23(4)84-58)91-56-47(74)48(38(65)25(6)83-56)88-53-44(71)40(67)31(62)19-79-53;/h13,21-28,30-58,62-75H,10-12,14-20H2,1-9H3,(H,76,77,78);/q;+1/p-1/t22-,23-,24-,25-,26+,27?,28+,30-,31-,32+,33-,34-,35+,36-,37-,38+,39-,40+,41+,42+,43+,44-,45-,46-,47-,48+,49+,50-,51-,52-,53+,54+,55+,56+,57+,58+,59-,60+,61-;/m1./s1. The van der Waals surface area contributed by atoms with E-state index in [1.54, 1.807) is 0 Å². The molecule has 39 atom stereocenters. The first-order chi connectivity index (χ1) is 43.5. The van der Waals surface area contributed by atoms with Crippen LogP contribution in [0, 0.1) is 40.4 Å². The van der Waals surface area contributed by atoms with Crippen LogP contribution in [0.15, 0.2) is 11.6 Å².